The molecule has 1 heterocycles. The maximum Gasteiger partial charge on any atom is 0.133 e. The Bertz CT molecular complexity index is 183. The minimum absolute atomic E-state index is 0.478. The lowest BCUT2D eigenvalue weighted by molar-refractivity contribution is -0.122. The van der Waals surface area contributed by atoms with Crippen molar-refractivity contribution in [2.75, 3.05) is 13.1 Å². The maximum atomic E-state index is 11.1. The van der Waals surface area contributed by atoms with Gasteiger partial charge in [-0.25, -0.2) is 0 Å². The summed E-state index contributed by atoms with van der Waals surface area (Å²) in [7, 11) is 2.74. The van der Waals surface area contributed by atoms with Crippen molar-refractivity contribution in [2.45, 2.75) is 19.3 Å². The highest BCUT2D eigenvalue weighted by atomic mass is 31.0. The van der Waals surface area contributed by atoms with Crippen molar-refractivity contribution >= 4 is 15.2 Å². The van der Waals surface area contributed by atoms with Gasteiger partial charge in [0, 0.05) is 25.9 Å². The van der Waals surface area contributed by atoms with Crippen LogP contribution in [0, 0.1) is 11.8 Å². The SMILES string of the molecule is O=C1CCC2CN(P)CC2C1. The average Bonchev–Trinajstić information content (AvgIpc) is 2.27. The van der Waals surface area contributed by atoms with Crippen LogP contribution in [0.25, 0.3) is 0 Å². The highest BCUT2D eigenvalue weighted by Crippen LogP contribution is 2.35. The summed E-state index contributed by atoms with van der Waals surface area (Å²) in [5.74, 6) is 1.96. The third-order valence-corrected chi connectivity index (χ3v) is 3.31. The number of hydrogen-bond donors (Lipinski definition) is 0. The fraction of sp³-hybridized carbons (Fsp3) is 0.875. The quantitative estimate of drug-likeness (QED) is 0.508. The molecule has 3 atom stereocenters. The van der Waals surface area contributed by atoms with Gasteiger partial charge in [0.25, 0.3) is 0 Å². The lowest BCUT2D eigenvalue weighted by Gasteiger charge is -2.22. The van der Waals surface area contributed by atoms with E-state index in [0.29, 0.717) is 11.7 Å². The highest BCUT2D eigenvalue weighted by Gasteiger charge is 2.35. The molecule has 0 bridgehead atoms. The van der Waals surface area contributed by atoms with Crippen molar-refractivity contribution in [3.05, 3.63) is 0 Å². The number of nitrogens with zero attached hydrogens (tertiary/aromatic N) is 1. The Kier molecular flexibility index (Phi) is 1.98. The molecule has 0 N–H and O–H groups in total. The Morgan fingerprint density at radius 2 is 2.09 bits per heavy atom. The molecule has 0 aromatic heterocycles. The Balaban J connectivity index is 2.02. The molecule has 0 spiro atoms. The van der Waals surface area contributed by atoms with E-state index in [1.807, 2.05) is 0 Å². The van der Waals surface area contributed by atoms with Crippen molar-refractivity contribution in [2.24, 2.45) is 11.8 Å². The minimum atomic E-state index is 0.478. The summed E-state index contributed by atoms with van der Waals surface area (Å²) < 4.78 is 2.27. The van der Waals surface area contributed by atoms with E-state index in [1.54, 1.807) is 0 Å². The zero-order valence-electron chi connectivity index (χ0n) is 6.62. The molecule has 1 saturated carbocycles. The lowest BCUT2D eigenvalue weighted by atomic mass is 9.81. The Labute approximate surface area is 69.6 Å². The smallest absolute Gasteiger partial charge is 0.133 e. The normalized spacial score (nSPS) is 39.2. The van der Waals surface area contributed by atoms with E-state index in [9.17, 15) is 4.79 Å². The van der Waals surface area contributed by atoms with E-state index >= 15 is 0 Å². The highest BCUT2D eigenvalue weighted by molar-refractivity contribution is 7.13. The molecule has 0 aromatic carbocycles. The Hall–Kier alpha value is 0.0600. The largest absolute Gasteiger partial charge is 0.300 e. The van der Waals surface area contributed by atoms with E-state index in [4.69, 9.17) is 0 Å². The predicted molar refractivity (Wildman–Crippen MR) is 47.1 cm³/mol. The summed E-state index contributed by atoms with van der Waals surface area (Å²) in [6, 6.07) is 0. The van der Waals surface area contributed by atoms with E-state index in [-0.39, 0.29) is 0 Å². The van der Waals surface area contributed by atoms with Gasteiger partial charge in [0.1, 0.15) is 5.78 Å². The molecule has 3 heteroatoms. The number of carbonyl (C=O) groups excluding carboxylic acids is 1. The van der Waals surface area contributed by atoms with Crippen molar-refractivity contribution in [3.8, 4) is 0 Å². The van der Waals surface area contributed by atoms with Gasteiger partial charge in [0.05, 0.1) is 0 Å². The van der Waals surface area contributed by atoms with Crippen LogP contribution < -0.4 is 0 Å². The van der Waals surface area contributed by atoms with Crippen molar-refractivity contribution < 1.29 is 4.79 Å². The molecule has 2 fully saturated rings. The predicted octanol–water partition coefficient (Wildman–Crippen LogP) is 1.08. The molecular formula is C8H14NOP. The van der Waals surface area contributed by atoms with Crippen molar-refractivity contribution in [1.82, 2.24) is 4.67 Å². The molecule has 2 nitrogen and oxygen atoms in total. The van der Waals surface area contributed by atoms with Gasteiger partial charge in [-0.05, 0) is 18.3 Å². The summed E-state index contributed by atoms with van der Waals surface area (Å²) in [6.45, 7) is 2.30. The molecule has 0 radical (unpaired) electrons. The summed E-state index contributed by atoms with van der Waals surface area (Å²) in [4.78, 5) is 11.1. The van der Waals surface area contributed by atoms with Crippen LogP contribution in [0.1, 0.15) is 19.3 Å². The van der Waals surface area contributed by atoms with Gasteiger partial charge in [-0.1, -0.05) is 9.39 Å². The van der Waals surface area contributed by atoms with Crippen molar-refractivity contribution in [1.29, 1.82) is 0 Å². The number of Topliss-reactive ketones (excluding diaryl/α,β-unsaturated/α-hetero) is 1. The van der Waals surface area contributed by atoms with E-state index < -0.39 is 0 Å². The summed E-state index contributed by atoms with van der Waals surface area (Å²) in [5.41, 5.74) is 0. The number of hydrogen-bond acceptors (Lipinski definition) is 2. The molecule has 1 aliphatic heterocycles. The third-order valence-electron chi connectivity index (χ3n) is 2.89. The first-order valence-corrected chi connectivity index (χ1v) is 4.78. The van der Waals surface area contributed by atoms with Crippen LogP contribution in [0.3, 0.4) is 0 Å². The Morgan fingerprint density at radius 1 is 1.36 bits per heavy atom. The molecular weight excluding hydrogens is 157 g/mol. The Morgan fingerprint density at radius 3 is 2.91 bits per heavy atom. The van der Waals surface area contributed by atoms with Gasteiger partial charge >= 0.3 is 0 Å². The van der Waals surface area contributed by atoms with Crippen LogP contribution in [0.15, 0.2) is 0 Å². The molecule has 3 unspecified atom stereocenters. The summed E-state index contributed by atoms with van der Waals surface area (Å²) in [6.07, 6.45) is 2.81. The number of ketones is 1. The fourth-order valence-electron chi connectivity index (χ4n) is 2.27. The lowest BCUT2D eigenvalue weighted by Crippen LogP contribution is -2.23. The monoisotopic (exact) mass is 171 g/mol. The number of rotatable bonds is 0. The molecule has 11 heavy (non-hydrogen) atoms. The molecule has 1 saturated heterocycles. The van der Waals surface area contributed by atoms with E-state index in [0.717, 1.165) is 31.7 Å². The van der Waals surface area contributed by atoms with Gasteiger partial charge in [-0.3, -0.25) is 9.46 Å². The van der Waals surface area contributed by atoms with Gasteiger partial charge in [0.15, 0.2) is 0 Å². The van der Waals surface area contributed by atoms with Gasteiger partial charge in [-0.15, -0.1) is 0 Å². The van der Waals surface area contributed by atoms with E-state index in [1.165, 1.54) is 6.54 Å². The molecule has 1 aliphatic carbocycles. The van der Waals surface area contributed by atoms with E-state index in [2.05, 4.69) is 14.1 Å². The standard InChI is InChI=1S/C8H14NOP/c10-8-2-1-6-4-9(11)5-7(6)3-8/h6-7H,1-5,11H2. The topological polar surface area (TPSA) is 20.3 Å². The average molecular weight is 171 g/mol. The fourth-order valence-corrected chi connectivity index (χ4v) is 2.82. The maximum absolute atomic E-state index is 11.1. The minimum Gasteiger partial charge on any atom is -0.300 e. The van der Waals surface area contributed by atoms with Gasteiger partial charge in [0.2, 0.25) is 0 Å². The zero-order valence-corrected chi connectivity index (χ0v) is 7.78. The first-order chi connectivity index (χ1) is 5.25. The molecule has 0 aromatic rings. The van der Waals surface area contributed by atoms with Crippen LogP contribution >= 0.6 is 9.39 Å². The molecule has 0 amide bonds. The second kappa shape index (κ2) is 2.84. The summed E-state index contributed by atoms with van der Waals surface area (Å²) in [5, 5.41) is 0. The first kappa shape index (κ1) is 7.70. The first-order valence-electron chi connectivity index (χ1n) is 4.27. The van der Waals surface area contributed by atoms with Crippen molar-refractivity contribution in [3.63, 3.8) is 0 Å². The van der Waals surface area contributed by atoms with Gasteiger partial charge < -0.3 is 0 Å². The molecule has 2 rings (SSSR count). The third kappa shape index (κ3) is 1.47. The molecule has 62 valence electrons. The second-order valence-electron chi connectivity index (χ2n) is 3.76. The van der Waals surface area contributed by atoms with Crippen LogP contribution in [-0.2, 0) is 4.79 Å². The van der Waals surface area contributed by atoms with Crippen LogP contribution in [0.5, 0.6) is 0 Å². The number of fused-ring (bicyclic) bond motifs is 1. The zero-order chi connectivity index (χ0) is 7.84. The van der Waals surface area contributed by atoms with Crippen LogP contribution in [0.2, 0.25) is 0 Å². The second-order valence-corrected chi connectivity index (χ2v) is 4.49. The molecule has 2 aliphatic rings. The summed E-state index contributed by atoms with van der Waals surface area (Å²) >= 11 is 0. The van der Waals surface area contributed by atoms with Gasteiger partial charge in [-0.2, -0.15) is 0 Å². The number of carbonyl (C=O) groups is 1. The van der Waals surface area contributed by atoms with Crippen LogP contribution in [-0.4, -0.2) is 23.5 Å². The van der Waals surface area contributed by atoms with Crippen LogP contribution in [0.4, 0.5) is 0 Å².